The molecule has 0 saturated carbocycles. The molecule has 1 aromatic heterocycles. The minimum absolute atomic E-state index is 0.0202. The van der Waals surface area contributed by atoms with Crippen molar-refractivity contribution in [3.05, 3.63) is 76.5 Å². The van der Waals surface area contributed by atoms with E-state index >= 15 is 0 Å². The van der Waals surface area contributed by atoms with Gasteiger partial charge in [0.15, 0.2) is 6.61 Å². The highest BCUT2D eigenvalue weighted by Gasteiger charge is 2.25. The zero-order valence-corrected chi connectivity index (χ0v) is 19.3. The molecule has 172 valence electrons. The van der Waals surface area contributed by atoms with Crippen molar-refractivity contribution >= 4 is 29.1 Å². The maximum absolute atomic E-state index is 12.5. The van der Waals surface area contributed by atoms with Crippen molar-refractivity contribution in [1.29, 1.82) is 0 Å². The summed E-state index contributed by atoms with van der Waals surface area (Å²) in [6, 6.07) is 14.6. The highest BCUT2D eigenvalue weighted by Crippen LogP contribution is 2.27. The number of aromatic nitrogens is 2. The molecule has 0 radical (unpaired) electrons. The third-order valence-electron chi connectivity index (χ3n) is 5.17. The van der Waals surface area contributed by atoms with Crippen molar-refractivity contribution in [1.82, 2.24) is 14.9 Å². The van der Waals surface area contributed by atoms with Crippen LogP contribution in [-0.4, -0.2) is 46.6 Å². The average Bonchev–Trinajstić information content (AvgIpc) is 2.85. The summed E-state index contributed by atoms with van der Waals surface area (Å²) in [5.74, 6) is 1.27. The van der Waals surface area contributed by atoms with Gasteiger partial charge < -0.3 is 19.1 Å². The molecule has 4 rings (SSSR count). The van der Waals surface area contributed by atoms with Crippen LogP contribution in [0.25, 0.3) is 0 Å². The largest absolute Gasteiger partial charge is 0.484 e. The first-order chi connectivity index (χ1) is 16.1. The second-order valence-electron chi connectivity index (χ2n) is 7.50. The first kappa shape index (κ1) is 23.1. The molecule has 2 aromatic carbocycles. The van der Waals surface area contributed by atoms with E-state index in [1.54, 1.807) is 29.4 Å². The quantitative estimate of drug-likeness (QED) is 0.453. The van der Waals surface area contributed by atoms with Gasteiger partial charge in [-0.1, -0.05) is 47.5 Å². The summed E-state index contributed by atoms with van der Waals surface area (Å²) in [4.78, 5) is 22.8. The Labute approximate surface area is 202 Å². The molecule has 0 bridgehead atoms. The first-order valence-electron chi connectivity index (χ1n) is 10.6. The minimum Gasteiger partial charge on any atom is -0.484 e. The van der Waals surface area contributed by atoms with E-state index in [2.05, 4.69) is 9.97 Å². The average molecular weight is 488 g/mol. The number of piperidine rings is 1. The fourth-order valence-electron chi connectivity index (χ4n) is 3.41. The number of hydrogen-bond acceptors (Lipinski definition) is 6. The van der Waals surface area contributed by atoms with Gasteiger partial charge in [0.1, 0.15) is 18.5 Å². The van der Waals surface area contributed by atoms with Crippen molar-refractivity contribution in [2.24, 2.45) is 0 Å². The number of carbonyl (C=O) groups is 1. The molecule has 1 aliphatic heterocycles. The van der Waals surface area contributed by atoms with Crippen molar-refractivity contribution < 1.29 is 19.0 Å². The van der Waals surface area contributed by atoms with Gasteiger partial charge in [-0.2, -0.15) is 0 Å². The summed E-state index contributed by atoms with van der Waals surface area (Å²) in [5, 5.41) is 0.948. The molecule has 9 heteroatoms. The van der Waals surface area contributed by atoms with E-state index in [0.717, 1.165) is 5.56 Å². The second-order valence-corrected chi connectivity index (χ2v) is 8.32. The van der Waals surface area contributed by atoms with Gasteiger partial charge in [0.05, 0.1) is 10.0 Å². The topological polar surface area (TPSA) is 73.8 Å². The van der Waals surface area contributed by atoms with Crippen LogP contribution in [0.4, 0.5) is 0 Å². The summed E-state index contributed by atoms with van der Waals surface area (Å²) in [7, 11) is 0. The van der Waals surface area contributed by atoms with Crippen molar-refractivity contribution in [2.75, 3.05) is 19.7 Å². The highest BCUT2D eigenvalue weighted by molar-refractivity contribution is 6.42. The molecule has 1 amide bonds. The molecule has 0 spiro atoms. The molecule has 0 aliphatic carbocycles. The number of hydrogen-bond donors (Lipinski definition) is 0. The lowest BCUT2D eigenvalue weighted by Crippen LogP contribution is -2.43. The van der Waals surface area contributed by atoms with Crippen LogP contribution in [0.3, 0.4) is 0 Å². The van der Waals surface area contributed by atoms with E-state index in [0.29, 0.717) is 53.5 Å². The van der Waals surface area contributed by atoms with Crippen LogP contribution in [0.15, 0.2) is 60.9 Å². The number of amides is 1. The number of halogens is 2. The van der Waals surface area contributed by atoms with Gasteiger partial charge in [0, 0.05) is 38.3 Å². The predicted molar refractivity (Wildman–Crippen MR) is 125 cm³/mol. The van der Waals surface area contributed by atoms with Crippen LogP contribution in [0, 0.1) is 0 Å². The number of benzene rings is 2. The molecule has 7 nitrogen and oxygen atoms in total. The van der Waals surface area contributed by atoms with Crippen molar-refractivity contribution in [3.63, 3.8) is 0 Å². The van der Waals surface area contributed by atoms with Gasteiger partial charge in [0.2, 0.25) is 0 Å². The Morgan fingerprint density at radius 3 is 2.39 bits per heavy atom. The van der Waals surface area contributed by atoms with E-state index < -0.39 is 0 Å². The fourth-order valence-corrected chi connectivity index (χ4v) is 3.73. The smallest absolute Gasteiger partial charge is 0.278 e. The highest BCUT2D eigenvalue weighted by atomic mass is 35.5. The summed E-state index contributed by atoms with van der Waals surface area (Å²) in [5.41, 5.74) is 0.852. The Morgan fingerprint density at radius 2 is 1.67 bits per heavy atom. The third kappa shape index (κ3) is 6.49. The van der Waals surface area contributed by atoms with Crippen LogP contribution < -0.4 is 14.2 Å². The van der Waals surface area contributed by atoms with Gasteiger partial charge in [-0.25, -0.2) is 9.97 Å². The summed E-state index contributed by atoms with van der Waals surface area (Å²) in [6.07, 6.45) is 4.37. The van der Waals surface area contributed by atoms with Crippen molar-refractivity contribution in [3.8, 4) is 17.5 Å². The number of nitrogens with zero attached hydrogens (tertiary/aromatic N) is 3. The minimum atomic E-state index is -0.0897. The monoisotopic (exact) mass is 487 g/mol. The molecule has 2 heterocycles. The third-order valence-corrected chi connectivity index (χ3v) is 5.91. The Morgan fingerprint density at radius 1 is 0.939 bits per heavy atom. The number of carbonyl (C=O) groups excluding carboxylic acids is 1. The van der Waals surface area contributed by atoms with E-state index in [4.69, 9.17) is 37.4 Å². The summed E-state index contributed by atoms with van der Waals surface area (Å²) in [6.45, 7) is 1.44. The number of ether oxygens (including phenoxy) is 3. The molecule has 1 saturated heterocycles. The molecule has 0 N–H and O–H groups in total. The Hall–Kier alpha value is -3.03. The number of para-hydroxylation sites is 1. The summed E-state index contributed by atoms with van der Waals surface area (Å²) >= 11 is 12.0. The molecular formula is C24H23Cl2N3O4. The van der Waals surface area contributed by atoms with Crippen molar-refractivity contribution in [2.45, 2.75) is 25.6 Å². The van der Waals surface area contributed by atoms with E-state index in [1.807, 2.05) is 36.4 Å². The van der Waals surface area contributed by atoms with Crippen LogP contribution in [-0.2, 0) is 11.4 Å². The zero-order chi connectivity index (χ0) is 23.0. The van der Waals surface area contributed by atoms with Gasteiger partial charge in [-0.15, -0.1) is 0 Å². The molecular weight excluding hydrogens is 465 g/mol. The summed E-state index contributed by atoms with van der Waals surface area (Å²) < 4.78 is 17.4. The SMILES string of the molecule is O=C(COc1ccccc1)N1CCC(Oc2nccnc2OCc2ccc(Cl)c(Cl)c2)CC1. The standard InChI is InChI=1S/C24H23Cl2N3O4/c25-20-7-6-17(14-21(20)26)15-32-23-24(28-11-10-27-23)33-19-8-12-29(13-9-19)22(30)16-31-18-4-2-1-3-5-18/h1-7,10-11,14,19H,8-9,12-13,15-16H2. The molecule has 3 aromatic rings. The lowest BCUT2D eigenvalue weighted by Gasteiger charge is -2.32. The van der Waals surface area contributed by atoms with E-state index in [9.17, 15) is 4.79 Å². The lowest BCUT2D eigenvalue weighted by atomic mass is 10.1. The molecule has 1 fully saturated rings. The van der Waals surface area contributed by atoms with Gasteiger partial charge in [-0.3, -0.25) is 4.79 Å². The first-order valence-corrected chi connectivity index (χ1v) is 11.3. The number of likely N-dealkylation sites (tertiary alicyclic amines) is 1. The van der Waals surface area contributed by atoms with Gasteiger partial charge in [0.25, 0.3) is 17.7 Å². The molecule has 1 aliphatic rings. The maximum Gasteiger partial charge on any atom is 0.278 e. The maximum atomic E-state index is 12.5. The zero-order valence-electron chi connectivity index (χ0n) is 17.8. The van der Waals surface area contributed by atoms with Crippen LogP contribution in [0.5, 0.6) is 17.5 Å². The van der Waals surface area contributed by atoms with E-state index in [1.165, 1.54) is 0 Å². The lowest BCUT2D eigenvalue weighted by molar-refractivity contribution is -0.135. The Bertz CT molecular complexity index is 1080. The molecule has 33 heavy (non-hydrogen) atoms. The molecule has 0 atom stereocenters. The molecule has 0 unspecified atom stereocenters. The Balaban J connectivity index is 1.27. The van der Waals surface area contributed by atoms with Crippen LogP contribution in [0.1, 0.15) is 18.4 Å². The van der Waals surface area contributed by atoms with Crippen LogP contribution in [0.2, 0.25) is 10.0 Å². The van der Waals surface area contributed by atoms with Gasteiger partial charge in [-0.05, 0) is 29.8 Å². The van der Waals surface area contributed by atoms with Crippen LogP contribution >= 0.6 is 23.2 Å². The predicted octanol–water partition coefficient (Wildman–Crippen LogP) is 4.81. The fraction of sp³-hybridized carbons (Fsp3) is 0.292. The normalized spacial score (nSPS) is 14.1. The second kappa shape index (κ2) is 11.2. The van der Waals surface area contributed by atoms with E-state index in [-0.39, 0.29) is 25.2 Å². The Kier molecular flexibility index (Phi) is 7.86. The number of rotatable bonds is 8. The van der Waals surface area contributed by atoms with Gasteiger partial charge >= 0.3 is 0 Å².